The summed E-state index contributed by atoms with van der Waals surface area (Å²) < 4.78 is 2.05. The van der Waals surface area contributed by atoms with Gasteiger partial charge >= 0.3 is 5.97 Å². The molecule has 2 aromatic rings. The molecule has 9 heteroatoms. The van der Waals surface area contributed by atoms with Gasteiger partial charge in [-0.1, -0.05) is 66.7 Å². The summed E-state index contributed by atoms with van der Waals surface area (Å²) >= 11 is 0. The van der Waals surface area contributed by atoms with E-state index in [1.54, 1.807) is 25.1 Å². The molecule has 0 bridgehead atoms. The third-order valence-corrected chi connectivity index (χ3v) is 7.89. The largest absolute Gasteiger partial charge is 0.478 e. The molecule has 0 saturated carbocycles. The molecule has 0 saturated heterocycles. The highest BCUT2D eigenvalue weighted by atomic mass is 16.4. The molecular weight excluding hydrogens is 506 g/mol. The van der Waals surface area contributed by atoms with E-state index >= 15 is 0 Å². The van der Waals surface area contributed by atoms with Crippen molar-refractivity contribution < 1.29 is 19.5 Å². The third-order valence-electron chi connectivity index (χ3n) is 7.89. The lowest BCUT2D eigenvalue weighted by Gasteiger charge is -2.39. The smallest absolute Gasteiger partial charge is 0.331 e. The predicted octanol–water partition coefficient (Wildman–Crippen LogP) is 3.55. The van der Waals surface area contributed by atoms with Gasteiger partial charge in [0.2, 0.25) is 11.8 Å². The van der Waals surface area contributed by atoms with Crippen molar-refractivity contribution in [1.82, 2.24) is 20.1 Å². The van der Waals surface area contributed by atoms with E-state index in [4.69, 9.17) is 5.73 Å². The average Bonchev–Trinajstić information content (AvgIpc) is 3.20. The number of fused-ring (bicyclic) bond motifs is 1. The summed E-state index contributed by atoms with van der Waals surface area (Å²) in [6.45, 7) is 15.6. The van der Waals surface area contributed by atoms with E-state index in [-0.39, 0.29) is 23.3 Å². The molecule has 1 aromatic carbocycles. The van der Waals surface area contributed by atoms with Crippen molar-refractivity contribution in [2.75, 3.05) is 14.1 Å². The van der Waals surface area contributed by atoms with E-state index in [1.165, 1.54) is 6.92 Å². The Balaban J connectivity index is 2.46. The summed E-state index contributed by atoms with van der Waals surface area (Å²) in [6.07, 6.45) is 3.65. The standard InChI is InChI=1S/C31H49N5O4/c1-18(2)23(14-19(3)29(39)40)36(11)28(38)26(30(4,5)6)34-27(37)25(33-9)31(7,8)22-17-35(10)24-15-20(16-32)12-13-21(22)24/h12-15,17-18,23,25-26,33H,16,32H2,1-11H3,(H,34,37)(H,39,40)/b19-14+/t23-,25?,26-/m1/s1. The van der Waals surface area contributed by atoms with Gasteiger partial charge in [-0.05, 0) is 42.5 Å². The second kappa shape index (κ2) is 12.6. The van der Waals surface area contributed by atoms with Crippen LogP contribution in [0.5, 0.6) is 0 Å². The minimum atomic E-state index is -1.03. The molecule has 40 heavy (non-hydrogen) atoms. The quantitative estimate of drug-likeness (QED) is 0.314. The van der Waals surface area contributed by atoms with Gasteiger partial charge in [0.1, 0.15) is 6.04 Å². The van der Waals surface area contributed by atoms with E-state index in [0.29, 0.717) is 6.54 Å². The maximum Gasteiger partial charge on any atom is 0.331 e. The number of carboxylic acids is 1. The highest BCUT2D eigenvalue weighted by Gasteiger charge is 2.42. The van der Waals surface area contributed by atoms with Crippen molar-refractivity contribution in [2.45, 2.75) is 85.5 Å². The van der Waals surface area contributed by atoms with Crippen LogP contribution in [0.3, 0.4) is 0 Å². The Kier molecular flexibility index (Phi) is 10.4. The van der Waals surface area contributed by atoms with E-state index in [2.05, 4.69) is 16.7 Å². The van der Waals surface area contributed by atoms with E-state index < -0.39 is 34.9 Å². The van der Waals surface area contributed by atoms with Gasteiger partial charge in [-0.2, -0.15) is 0 Å². The maximum atomic E-state index is 13.9. The Morgan fingerprint density at radius 1 is 1.12 bits per heavy atom. The zero-order chi connectivity index (χ0) is 30.7. The van der Waals surface area contributed by atoms with Crippen LogP contribution < -0.4 is 16.4 Å². The molecule has 0 aliphatic carbocycles. The fraction of sp³-hybridized carbons (Fsp3) is 0.581. The molecule has 5 N–H and O–H groups in total. The highest BCUT2D eigenvalue weighted by molar-refractivity contribution is 5.93. The lowest BCUT2D eigenvalue weighted by molar-refractivity contribution is -0.141. The molecule has 0 aliphatic heterocycles. The van der Waals surface area contributed by atoms with Crippen LogP contribution in [0.2, 0.25) is 0 Å². The minimum absolute atomic E-state index is 0.0327. The summed E-state index contributed by atoms with van der Waals surface area (Å²) in [5.41, 5.74) is 7.86. The summed E-state index contributed by atoms with van der Waals surface area (Å²) in [4.78, 5) is 40.9. The number of aryl methyl sites for hydroxylation is 1. The van der Waals surface area contributed by atoms with Crippen molar-refractivity contribution in [1.29, 1.82) is 0 Å². The zero-order valence-corrected chi connectivity index (χ0v) is 26.0. The number of benzene rings is 1. The van der Waals surface area contributed by atoms with Crippen LogP contribution in [0.25, 0.3) is 10.9 Å². The van der Waals surface area contributed by atoms with Crippen molar-refractivity contribution in [2.24, 2.45) is 24.1 Å². The number of aliphatic carboxylic acids is 1. The molecule has 1 heterocycles. The van der Waals surface area contributed by atoms with Gasteiger partial charge in [-0.3, -0.25) is 9.59 Å². The van der Waals surface area contributed by atoms with Gasteiger partial charge in [0.15, 0.2) is 0 Å². The fourth-order valence-electron chi connectivity index (χ4n) is 5.35. The number of likely N-dealkylation sites (N-methyl/N-ethyl adjacent to an activating group) is 2. The van der Waals surface area contributed by atoms with Crippen LogP contribution in [-0.4, -0.2) is 64.6 Å². The number of aromatic nitrogens is 1. The first-order valence-electron chi connectivity index (χ1n) is 13.8. The highest BCUT2D eigenvalue weighted by Crippen LogP contribution is 2.35. The van der Waals surface area contributed by atoms with Crippen LogP contribution in [0.15, 0.2) is 36.0 Å². The van der Waals surface area contributed by atoms with Gasteiger partial charge in [0.25, 0.3) is 0 Å². The number of carbonyl (C=O) groups excluding carboxylic acids is 2. The van der Waals surface area contributed by atoms with Crippen molar-refractivity contribution in [3.8, 4) is 0 Å². The van der Waals surface area contributed by atoms with Crippen LogP contribution in [0, 0.1) is 11.3 Å². The molecule has 2 rings (SSSR count). The topological polar surface area (TPSA) is 130 Å². The van der Waals surface area contributed by atoms with E-state index in [9.17, 15) is 19.5 Å². The number of carbonyl (C=O) groups is 3. The molecule has 2 amide bonds. The number of carboxylic acid groups (broad SMARTS) is 1. The molecule has 9 nitrogen and oxygen atoms in total. The Hall–Kier alpha value is -3.17. The number of amides is 2. The fourth-order valence-corrected chi connectivity index (χ4v) is 5.35. The normalized spacial score (nSPS) is 15.2. The minimum Gasteiger partial charge on any atom is -0.478 e. The lowest BCUT2D eigenvalue weighted by atomic mass is 9.76. The maximum absolute atomic E-state index is 13.9. The Labute approximate surface area is 239 Å². The van der Waals surface area contributed by atoms with Crippen LogP contribution >= 0.6 is 0 Å². The van der Waals surface area contributed by atoms with E-state index in [1.807, 2.05) is 78.4 Å². The summed E-state index contributed by atoms with van der Waals surface area (Å²) in [5.74, 6) is -1.63. The molecule has 0 fully saturated rings. The second-order valence-electron chi connectivity index (χ2n) is 12.8. The van der Waals surface area contributed by atoms with Crippen molar-refractivity contribution in [3.63, 3.8) is 0 Å². The molecule has 0 aliphatic rings. The first-order chi connectivity index (χ1) is 18.4. The van der Waals surface area contributed by atoms with Crippen LogP contribution in [-0.2, 0) is 33.4 Å². The lowest BCUT2D eigenvalue weighted by Crippen LogP contribution is -2.61. The average molecular weight is 556 g/mol. The number of nitrogens with two attached hydrogens (primary N) is 1. The molecule has 3 atom stereocenters. The van der Waals surface area contributed by atoms with Crippen LogP contribution in [0.1, 0.15) is 66.5 Å². The Bertz CT molecular complexity index is 1270. The van der Waals surface area contributed by atoms with Gasteiger partial charge in [-0.15, -0.1) is 0 Å². The first kappa shape index (κ1) is 33.0. The monoisotopic (exact) mass is 555 g/mol. The van der Waals surface area contributed by atoms with Gasteiger partial charge in [0, 0.05) is 48.7 Å². The van der Waals surface area contributed by atoms with Crippen molar-refractivity contribution in [3.05, 3.63) is 47.2 Å². The Morgan fingerprint density at radius 3 is 2.20 bits per heavy atom. The molecular formula is C31H49N5O4. The summed E-state index contributed by atoms with van der Waals surface area (Å²) in [6, 6.07) is 4.19. The van der Waals surface area contributed by atoms with Crippen molar-refractivity contribution >= 4 is 28.7 Å². The number of nitrogens with one attached hydrogen (secondary N) is 2. The predicted molar refractivity (Wildman–Crippen MR) is 161 cm³/mol. The molecule has 222 valence electrons. The number of nitrogens with zero attached hydrogens (tertiary/aromatic N) is 2. The van der Waals surface area contributed by atoms with Gasteiger partial charge < -0.3 is 30.9 Å². The van der Waals surface area contributed by atoms with Gasteiger partial charge in [-0.25, -0.2) is 4.79 Å². The molecule has 0 radical (unpaired) electrons. The second-order valence-corrected chi connectivity index (χ2v) is 12.8. The number of hydrogen-bond donors (Lipinski definition) is 4. The van der Waals surface area contributed by atoms with Crippen LogP contribution in [0.4, 0.5) is 0 Å². The summed E-state index contributed by atoms with van der Waals surface area (Å²) in [7, 11) is 5.39. The molecule has 1 aromatic heterocycles. The molecule has 1 unspecified atom stereocenters. The van der Waals surface area contributed by atoms with Gasteiger partial charge in [0.05, 0.1) is 12.1 Å². The SMILES string of the molecule is CNC(C(=O)N[C@H](C(=O)N(C)[C@H](/C=C(\C)C(=O)O)C(C)C)C(C)(C)C)C(C)(C)c1cn(C)c2cc(CN)ccc12. The summed E-state index contributed by atoms with van der Waals surface area (Å²) in [5, 5.41) is 16.7. The van der Waals surface area contributed by atoms with E-state index in [0.717, 1.165) is 22.0 Å². The Morgan fingerprint density at radius 2 is 1.73 bits per heavy atom. The number of rotatable bonds is 11. The zero-order valence-electron chi connectivity index (χ0n) is 26.0. The first-order valence-corrected chi connectivity index (χ1v) is 13.8. The number of hydrogen-bond acceptors (Lipinski definition) is 5. The third kappa shape index (κ3) is 6.93. The molecule has 0 spiro atoms.